The van der Waals surface area contributed by atoms with Gasteiger partial charge in [0.2, 0.25) is 5.91 Å². The summed E-state index contributed by atoms with van der Waals surface area (Å²) in [4.78, 5) is 27.1. The number of fused-ring (bicyclic) bond motifs is 1. The second-order valence-corrected chi connectivity index (χ2v) is 8.34. The zero-order chi connectivity index (χ0) is 23.1. The normalized spacial score (nSPS) is 14.3. The van der Waals surface area contributed by atoms with Gasteiger partial charge in [-0.15, -0.1) is 0 Å². The second-order valence-electron chi connectivity index (χ2n) is 7.49. The van der Waals surface area contributed by atoms with E-state index in [4.69, 9.17) is 14.2 Å². The molecule has 0 atom stereocenters. The SMILES string of the molecule is COc1ccc(/C=C2\Oc3ccccc3N(CC(=O)NCCCOC(C)C)C2=O)cc1Br. The van der Waals surface area contributed by atoms with E-state index in [1.165, 1.54) is 4.90 Å². The first-order valence-corrected chi connectivity index (χ1v) is 11.2. The highest BCUT2D eigenvalue weighted by molar-refractivity contribution is 9.10. The van der Waals surface area contributed by atoms with Crippen molar-refractivity contribution in [3.05, 3.63) is 58.3 Å². The first-order chi connectivity index (χ1) is 15.4. The van der Waals surface area contributed by atoms with Crippen LogP contribution in [-0.2, 0) is 14.3 Å². The summed E-state index contributed by atoms with van der Waals surface area (Å²) in [6.45, 7) is 4.88. The molecule has 2 amide bonds. The molecule has 0 fully saturated rings. The lowest BCUT2D eigenvalue weighted by Gasteiger charge is -2.30. The predicted octanol–water partition coefficient (Wildman–Crippen LogP) is 4.16. The summed E-state index contributed by atoms with van der Waals surface area (Å²) in [5.41, 5.74) is 1.32. The minimum absolute atomic E-state index is 0.103. The third kappa shape index (κ3) is 6.11. The molecule has 0 spiro atoms. The zero-order valence-corrected chi connectivity index (χ0v) is 20.0. The summed E-state index contributed by atoms with van der Waals surface area (Å²) >= 11 is 3.45. The van der Waals surface area contributed by atoms with E-state index in [0.717, 1.165) is 10.0 Å². The molecule has 32 heavy (non-hydrogen) atoms. The number of ether oxygens (including phenoxy) is 3. The number of carbonyl (C=O) groups excluding carboxylic acids is 2. The Bertz CT molecular complexity index is 1010. The third-order valence-electron chi connectivity index (χ3n) is 4.70. The minimum atomic E-state index is -0.381. The van der Waals surface area contributed by atoms with Gasteiger partial charge in [0.05, 0.1) is 23.4 Å². The van der Waals surface area contributed by atoms with Crippen molar-refractivity contribution < 1.29 is 23.8 Å². The molecule has 0 aliphatic carbocycles. The summed E-state index contributed by atoms with van der Waals surface area (Å²) < 4.78 is 17.4. The molecule has 170 valence electrons. The Hall–Kier alpha value is -2.84. The Labute approximate surface area is 196 Å². The van der Waals surface area contributed by atoms with Gasteiger partial charge in [-0.05, 0) is 72.1 Å². The number of nitrogens with one attached hydrogen (secondary N) is 1. The zero-order valence-electron chi connectivity index (χ0n) is 18.4. The van der Waals surface area contributed by atoms with Crippen LogP contribution in [-0.4, -0.2) is 44.7 Å². The van der Waals surface area contributed by atoms with Gasteiger partial charge >= 0.3 is 0 Å². The van der Waals surface area contributed by atoms with Gasteiger partial charge in [0.15, 0.2) is 11.5 Å². The maximum absolute atomic E-state index is 13.2. The fourth-order valence-corrected chi connectivity index (χ4v) is 3.72. The molecule has 2 aromatic carbocycles. The monoisotopic (exact) mass is 502 g/mol. The summed E-state index contributed by atoms with van der Waals surface area (Å²) in [5.74, 6) is 0.716. The van der Waals surface area contributed by atoms with Crippen molar-refractivity contribution in [3.63, 3.8) is 0 Å². The smallest absolute Gasteiger partial charge is 0.294 e. The highest BCUT2D eigenvalue weighted by Gasteiger charge is 2.31. The van der Waals surface area contributed by atoms with Crippen molar-refractivity contribution in [2.45, 2.75) is 26.4 Å². The number of hydrogen-bond donors (Lipinski definition) is 1. The van der Waals surface area contributed by atoms with Gasteiger partial charge in [-0.2, -0.15) is 0 Å². The topological polar surface area (TPSA) is 77.1 Å². The Morgan fingerprint density at radius 2 is 2.03 bits per heavy atom. The molecule has 1 aliphatic rings. The number of carbonyl (C=O) groups is 2. The van der Waals surface area contributed by atoms with Gasteiger partial charge in [0.25, 0.3) is 5.91 Å². The molecule has 0 aromatic heterocycles. The second kappa shape index (κ2) is 11.2. The van der Waals surface area contributed by atoms with Crippen LogP contribution < -0.4 is 19.7 Å². The van der Waals surface area contributed by atoms with Crippen molar-refractivity contribution in [2.24, 2.45) is 0 Å². The van der Waals surface area contributed by atoms with E-state index in [2.05, 4.69) is 21.2 Å². The molecule has 8 heteroatoms. The van der Waals surface area contributed by atoms with Crippen LogP contribution in [0.1, 0.15) is 25.8 Å². The summed E-state index contributed by atoms with van der Waals surface area (Å²) in [5, 5.41) is 2.85. The molecule has 0 radical (unpaired) electrons. The van der Waals surface area contributed by atoms with Crippen LogP contribution in [0.3, 0.4) is 0 Å². The lowest BCUT2D eigenvalue weighted by Crippen LogP contribution is -2.44. The highest BCUT2D eigenvalue weighted by atomic mass is 79.9. The van der Waals surface area contributed by atoms with E-state index in [-0.39, 0.29) is 30.2 Å². The molecular formula is C24H27BrN2O5. The molecule has 3 rings (SSSR count). The van der Waals surface area contributed by atoms with Crippen molar-refractivity contribution in [3.8, 4) is 11.5 Å². The van der Waals surface area contributed by atoms with Gasteiger partial charge in [-0.1, -0.05) is 18.2 Å². The number of rotatable bonds is 9. The maximum atomic E-state index is 13.2. The number of hydrogen-bond acceptors (Lipinski definition) is 5. The van der Waals surface area contributed by atoms with Gasteiger partial charge in [-0.3, -0.25) is 14.5 Å². The first kappa shape index (κ1) is 23.8. The molecule has 2 aromatic rings. The molecular weight excluding hydrogens is 476 g/mol. The van der Waals surface area contributed by atoms with Crippen molar-refractivity contribution in [1.29, 1.82) is 0 Å². The van der Waals surface area contributed by atoms with E-state index in [9.17, 15) is 9.59 Å². The van der Waals surface area contributed by atoms with Crippen LogP contribution in [0.4, 0.5) is 5.69 Å². The Morgan fingerprint density at radius 1 is 1.25 bits per heavy atom. The van der Waals surface area contributed by atoms with Crippen LogP contribution in [0, 0.1) is 0 Å². The molecule has 1 aliphatic heterocycles. The standard InChI is InChI=1S/C24H27BrN2O5/c1-16(2)31-12-6-11-26-23(28)15-27-19-7-4-5-8-21(19)32-22(24(27)29)14-17-9-10-20(30-3)18(25)13-17/h4-5,7-10,13-14,16H,6,11-12,15H2,1-3H3,(H,26,28)/b22-14-. The molecule has 1 heterocycles. The largest absolute Gasteiger partial charge is 0.496 e. The lowest BCUT2D eigenvalue weighted by molar-refractivity contribution is -0.123. The van der Waals surface area contributed by atoms with E-state index in [1.807, 2.05) is 32.0 Å². The summed E-state index contributed by atoms with van der Waals surface area (Å²) in [6, 6.07) is 12.6. The molecule has 0 unspecified atom stereocenters. The van der Waals surface area contributed by atoms with Crippen molar-refractivity contribution in [1.82, 2.24) is 5.32 Å². The van der Waals surface area contributed by atoms with E-state index < -0.39 is 0 Å². The Morgan fingerprint density at radius 3 is 2.75 bits per heavy atom. The van der Waals surface area contributed by atoms with Gasteiger partial charge in [0, 0.05) is 13.2 Å². The quantitative estimate of drug-likeness (QED) is 0.411. The number of para-hydroxylation sites is 2. The van der Waals surface area contributed by atoms with E-state index in [0.29, 0.717) is 36.8 Å². The Kier molecular flexibility index (Phi) is 8.30. The molecule has 1 N–H and O–H groups in total. The van der Waals surface area contributed by atoms with Gasteiger partial charge in [0.1, 0.15) is 12.3 Å². The van der Waals surface area contributed by atoms with Gasteiger partial charge in [-0.25, -0.2) is 0 Å². The lowest BCUT2D eigenvalue weighted by atomic mass is 10.1. The molecule has 0 saturated heterocycles. The number of halogens is 1. The van der Waals surface area contributed by atoms with Crippen LogP contribution in [0.2, 0.25) is 0 Å². The van der Waals surface area contributed by atoms with Crippen LogP contribution in [0.15, 0.2) is 52.7 Å². The number of anilines is 1. The average molecular weight is 503 g/mol. The van der Waals surface area contributed by atoms with Crippen molar-refractivity contribution in [2.75, 3.05) is 31.7 Å². The maximum Gasteiger partial charge on any atom is 0.294 e. The molecule has 0 bridgehead atoms. The highest BCUT2D eigenvalue weighted by Crippen LogP contribution is 2.36. The van der Waals surface area contributed by atoms with Crippen LogP contribution >= 0.6 is 15.9 Å². The number of benzene rings is 2. The number of methoxy groups -OCH3 is 1. The van der Waals surface area contributed by atoms with Gasteiger partial charge < -0.3 is 19.5 Å². The first-order valence-electron chi connectivity index (χ1n) is 10.4. The average Bonchev–Trinajstić information content (AvgIpc) is 2.76. The molecule has 7 nitrogen and oxygen atoms in total. The third-order valence-corrected chi connectivity index (χ3v) is 5.32. The minimum Gasteiger partial charge on any atom is -0.496 e. The van der Waals surface area contributed by atoms with Crippen LogP contribution in [0.5, 0.6) is 11.5 Å². The fourth-order valence-electron chi connectivity index (χ4n) is 3.16. The number of nitrogens with zero attached hydrogens (tertiary/aromatic N) is 1. The van der Waals surface area contributed by atoms with E-state index >= 15 is 0 Å². The number of amides is 2. The summed E-state index contributed by atoms with van der Waals surface area (Å²) in [7, 11) is 1.59. The Balaban J connectivity index is 1.75. The fraction of sp³-hybridized carbons (Fsp3) is 0.333. The molecule has 0 saturated carbocycles. The van der Waals surface area contributed by atoms with Crippen molar-refractivity contribution >= 4 is 39.5 Å². The summed E-state index contributed by atoms with van der Waals surface area (Å²) in [6.07, 6.45) is 2.51. The van der Waals surface area contributed by atoms with E-state index in [1.54, 1.807) is 37.5 Å². The van der Waals surface area contributed by atoms with Crippen LogP contribution in [0.25, 0.3) is 6.08 Å². The predicted molar refractivity (Wildman–Crippen MR) is 127 cm³/mol.